The molecule has 0 unspecified atom stereocenters. The Morgan fingerprint density at radius 2 is 2.11 bits per heavy atom. The van der Waals surface area contributed by atoms with Crippen molar-refractivity contribution in [3.8, 4) is 0 Å². The molecular formula is C15H17N3O. The average Bonchev–Trinajstić information content (AvgIpc) is 3.10. The largest absolute Gasteiger partial charge is 0.319 e. The van der Waals surface area contributed by atoms with Gasteiger partial charge in [0.1, 0.15) is 0 Å². The van der Waals surface area contributed by atoms with Crippen molar-refractivity contribution in [2.45, 2.75) is 26.3 Å². The Morgan fingerprint density at radius 3 is 2.79 bits per heavy atom. The Morgan fingerprint density at radius 1 is 1.37 bits per heavy atom. The van der Waals surface area contributed by atoms with E-state index in [1.807, 2.05) is 42.1 Å². The van der Waals surface area contributed by atoms with E-state index in [1.54, 1.807) is 6.20 Å². The SMILES string of the molecule is Cc1ccc(C(=O)Nc2cnn(CC3CC3)c2)cc1. The van der Waals surface area contributed by atoms with E-state index in [0.717, 1.165) is 23.7 Å². The number of rotatable bonds is 4. The average molecular weight is 255 g/mol. The molecule has 0 radical (unpaired) electrons. The third-order valence-electron chi connectivity index (χ3n) is 3.35. The van der Waals surface area contributed by atoms with Gasteiger partial charge in [-0.15, -0.1) is 0 Å². The Kier molecular flexibility index (Phi) is 3.07. The molecule has 1 aromatic carbocycles. The second-order valence-corrected chi connectivity index (χ2v) is 5.21. The van der Waals surface area contributed by atoms with Crippen LogP contribution in [0.1, 0.15) is 28.8 Å². The number of carbonyl (C=O) groups is 1. The van der Waals surface area contributed by atoms with E-state index < -0.39 is 0 Å². The van der Waals surface area contributed by atoms with Crippen LogP contribution < -0.4 is 5.32 Å². The number of anilines is 1. The summed E-state index contributed by atoms with van der Waals surface area (Å²) in [5.74, 6) is 0.687. The van der Waals surface area contributed by atoms with Gasteiger partial charge >= 0.3 is 0 Å². The molecule has 0 atom stereocenters. The summed E-state index contributed by atoms with van der Waals surface area (Å²) in [6.45, 7) is 2.96. The molecule has 98 valence electrons. The van der Waals surface area contributed by atoms with E-state index in [4.69, 9.17) is 0 Å². The van der Waals surface area contributed by atoms with Gasteiger partial charge < -0.3 is 5.32 Å². The number of carbonyl (C=O) groups excluding carboxylic acids is 1. The van der Waals surface area contributed by atoms with Gasteiger partial charge in [-0.05, 0) is 37.8 Å². The van der Waals surface area contributed by atoms with Crippen LogP contribution in [0, 0.1) is 12.8 Å². The summed E-state index contributed by atoms with van der Waals surface area (Å²) < 4.78 is 1.91. The van der Waals surface area contributed by atoms with Crippen molar-refractivity contribution in [3.63, 3.8) is 0 Å². The molecule has 1 amide bonds. The highest BCUT2D eigenvalue weighted by molar-refractivity contribution is 6.04. The van der Waals surface area contributed by atoms with Gasteiger partial charge in [0.25, 0.3) is 5.91 Å². The fourth-order valence-corrected chi connectivity index (χ4v) is 2.00. The quantitative estimate of drug-likeness (QED) is 0.913. The van der Waals surface area contributed by atoms with Crippen LogP contribution in [0.5, 0.6) is 0 Å². The molecule has 3 rings (SSSR count). The zero-order chi connectivity index (χ0) is 13.2. The van der Waals surface area contributed by atoms with Gasteiger partial charge in [0.15, 0.2) is 0 Å². The van der Waals surface area contributed by atoms with Crippen LogP contribution in [-0.2, 0) is 6.54 Å². The van der Waals surface area contributed by atoms with Crippen molar-refractivity contribution in [1.82, 2.24) is 9.78 Å². The Balaban J connectivity index is 1.64. The Hall–Kier alpha value is -2.10. The second kappa shape index (κ2) is 4.88. The van der Waals surface area contributed by atoms with Gasteiger partial charge in [-0.25, -0.2) is 0 Å². The first kappa shape index (κ1) is 12.0. The fourth-order valence-electron chi connectivity index (χ4n) is 2.00. The van der Waals surface area contributed by atoms with Crippen molar-refractivity contribution >= 4 is 11.6 Å². The van der Waals surface area contributed by atoms with Crippen LogP contribution in [0.2, 0.25) is 0 Å². The van der Waals surface area contributed by atoms with Gasteiger partial charge in [-0.3, -0.25) is 9.48 Å². The van der Waals surface area contributed by atoms with E-state index in [9.17, 15) is 4.79 Å². The van der Waals surface area contributed by atoms with E-state index in [2.05, 4.69) is 10.4 Å². The second-order valence-electron chi connectivity index (χ2n) is 5.21. The first-order valence-electron chi connectivity index (χ1n) is 6.61. The van der Waals surface area contributed by atoms with Crippen molar-refractivity contribution < 1.29 is 4.79 Å². The molecule has 0 saturated heterocycles. The lowest BCUT2D eigenvalue weighted by atomic mass is 10.1. The third-order valence-corrected chi connectivity index (χ3v) is 3.35. The van der Waals surface area contributed by atoms with Crippen molar-refractivity contribution in [1.29, 1.82) is 0 Å². The summed E-state index contributed by atoms with van der Waals surface area (Å²) in [5, 5.41) is 7.13. The predicted molar refractivity (Wildman–Crippen MR) is 74.1 cm³/mol. The number of nitrogens with zero attached hydrogens (tertiary/aromatic N) is 2. The monoisotopic (exact) mass is 255 g/mol. The van der Waals surface area contributed by atoms with Gasteiger partial charge in [-0.1, -0.05) is 17.7 Å². The standard InChI is InChI=1S/C15H17N3O/c1-11-2-6-13(7-3-11)15(19)17-14-8-16-18(10-14)9-12-4-5-12/h2-3,6-8,10,12H,4-5,9H2,1H3,(H,17,19). The highest BCUT2D eigenvalue weighted by atomic mass is 16.1. The molecule has 4 nitrogen and oxygen atoms in total. The minimum atomic E-state index is -0.0917. The van der Waals surface area contributed by atoms with Crippen molar-refractivity contribution in [2.24, 2.45) is 5.92 Å². The van der Waals surface area contributed by atoms with Gasteiger partial charge in [0.05, 0.1) is 11.9 Å². The van der Waals surface area contributed by atoms with Crippen LogP contribution in [0.25, 0.3) is 0 Å². The van der Waals surface area contributed by atoms with Gasteiger partial charge in [-0.2, -0.15) is 5.10 Å². The van der Waals surface area contributed by atoms with Crippen LogP contribution in [0.4, 0.5) is 5.69 Å². The molecule has 0 bridgehead atoms. The summed E-state index contributed by atoms with van der Waals surface area (Å²) in [5.41, 5.74) is 2.57. The molecule has 1 heterocycles. The lowest BCUT2D eigenvalue weighted by Crippen LogP contribution is -2.11. The van der Waals surface area contributed by atoms with Crippen molar-refractivity contribution in [3.05, 3.63) is 47.8 Å². The number of benzene rings is 1. The Bertz CT molecular complexity index is 582. The maximum atomic E-state index is 12.0. The lowest BCUT2D eigenvalue weighted by molar-refractivity contribution is 0.102. The topological polar surface area (TPSA) is 46.9 Å². The number of aryl methyl sites for hydroxylation is 1. The molecule has 1 N–H and O–H groups in total. The lowest BCUT2D eigenvalue weighted by Gasteiger charge is -2.02. The maximum Gasteiger partial charge on any atom is 0.255 e. The normalized spacial score (nSPS) is 14.4. The third kappa shape index (κ3) is 3.02. The van der Waals surface area contributed by atoms with E-state index in [-0.39, 0.29) is 5.91 Å². The molecule has 1 aromatic heterocycles. The smallest absolute Gasteiger partial charge is 0.255 e. The molecule has 2 aromatic rings. The first-order chi connectivity index (χ1) is 9.20. The van der Waals surface area contributed by atoms with Crippen LogP contribution >= 0.6 is 0 Å². The molecular weight excluding hydrogens is 238 g/mol. The zero-order valence-electron chi connectivity index (χ0n) is 11.0. The Labute approximate surface area is 112 Å². The number of aromatic nitrogens is 2. The first-order valence-corrected chi connectivity index (χ1v) is 6.61. The minimum Gasteiger partial charge on any atom is -0.319 e. The molecule has 1 fully saturated rings. The molecule has 1 saturated carbocycles. The summed E-state index contributed by atoms with van der Waals surface area (Å²) in [6, 6.07) is 7.54. The van der Waals surface area contributed by atoms with Crippen LogP contribution in [-0.4, -0.2) is 15.7 Å². The van der Waals surface area contributed by atoms with E-state index in [1.165, 1.54) is 12.8 Å². The van der Waals surface area contributed by atoms with Crippen LogP contribution in [0.15, 0.2) is 36.7 Å². The highest BCUT2D eigenvalue weighted by Crippen LogP contribution is 2.30. The fraction of sp³-hybridized carbons (Fsp3) is 0.333. The van der Waals surface area contributed by atoms with Gasteiger partial charge in [0.2, 0.25) is 0 Å². The highest BCUT2D eigenvalue weighted by Gasteiger charge is 2.22. The van der Waals surface area contributed by atoms with E-state index in [0.29, 0.717) is 5.56 Å². The minimum absolute atomic E-state index is 0.0917. The summed E-state index contributed by atoms with van der Waals surface area (Å²) in [6.07, 6.45) is 6.19. The number of hydrogen-bond acceptors (Lipinski definition) is 2. The molecule has 4 heteroatoms. The molecule has 1 aliphatic rings. The molecule has 0 aliphatic heterocycles. The number of amides is 1. The number of nitrogens with one attached hydrogen (secondary N) is 1. The van der Waals surface area contributed by atoms with Crippen molar-refractivity contribution in [2.75, 3.05) is 5.32 Å². The number of hydrogen-bond donors (Lipinski definition) is 1. The maximum absolute atomic E-state index is 12.0. The predicted octanol–water partition coefficient (Wildman–Crippen LogP) is 2.85. The summed E-state index contributed by atoms with van der Waals surface area (Å²) >= 11 is 0. The molecule has 1 aliphatic carbocycles. The zero-order valence-corrected chi connectivity index (χ0v) is 11.0. The summed E-state index contributed by atoms with van der Waals surface area (Å²) in [4.78, 5) is 12.0. The van der Waals surface area contributed by atoms with Gasteiger partial charge in [0, 0.05) is 18.3 Å². The summed E-state index contributed by atoms with van der Waals surface area (Å²) in [7, 11) is 0. The molecule has 0 spiro atoms. The van der Waals surface area contributed by atoms with E-state index >= 15 is 0 Å². The molecule has 19 heavy (non-hydrogen) atoms. The van der Waals surface area contributed by atoms with Crippen LogP contribution in [0.3, 0.4) is 0 Å².